The Bertz CT molecular complexity index is 645. The highest BCUT2D eigenvalue weighted by Gasteiger charge is 2.38. The predicted octanol–water partition coefficient (Wildman–Crippen LogP) is 2.46. The van der Waals surface area contributed by atoms with E-state index in [1.165, 1.54) is 0 Å². The summed E-state index contributed by atoms with van der Waals surface area (Å²) in [7, 11) is 0. The van der Waals surface area contributed by atoms with Crippen molar-refractivity contribution in [2.24, 2.45) is 11.8 Å². The van der Waals surface area contributed by atoms with E-state index in [2.05, 4.69) is 6.07 Å². The summed E-state index contributed by atoms with van der Waals surface area (Å²) >= 11 is 5.87. The molecule has 23 heavy (non-hydrogen) atoms. The van der Waals surface area contributed by atoms with Crippen molar-refractivity contribution in [2.75, 3.05) is 24.5 Å². The Labute approximate surface area is 140 Å². The van der Waals surface area contributed by atoms with Crippen LogP contribution in [0.3, 0.4) is 0 Å². The molecule has 1 aromatic carbocycles. The van der Waals surface area contributed by atoms with Gasteiger partial charge in [-0.25, -0.2) is 0 Å². The Balaban J connectivity index is 1.64. The SMILES string of the molecule is N#CC1CCN(C(=O)C2CC(=O)N(c3ccc(Cl)cc3)C2)CC1. The van der Waals surface area contributed by atoms with Gasteiger partial charge >= 0.3 is 0 Å². The number of halogens is 1. The molecule has 2 heterocycles. The number of likely N-dealkylation sites (tertiary alicyclic amines) is 1. The topological polar surface area (TPSA) is 64.4 Å². The van der Waals surface area contributed by atoms with Gasteiger partial charge in [-0.2, -0.15) is 5.26 Å². The zero-order valence-corrected chi connectivity index (χ0v) is 13.5. The summed E-state index contributed by atoms with van der Waals surface area (Å²) in [4.78, 5) is 28.3. The predicted molar refractivity (Wildman–Crippen MR) is 86.8 cm³/mol. The van der Waals surface area contributed by atoms with Crippen molar-refractivity contribution >= 4 is 29.1 Å². The first-order valence-electron chi connectivity index (χ1n) is 7.83. The minimum absolute atomic E-state index is 0.0300. The molecule has 3 rings (SSSR count). The van der Waals surface area contributed by atoms with Crippen molar-refractivity contribution in [3.63, 3.8) is 0 Å². The van der Waals surface area contributed by atoms with Gasteiger partial charge in [-0.05, 0) is 37.1 Å². The third kappa shape index (κ3) is 3.32. The van der Waals surface area contributed by atoms with Crippen LogP contribution in [0.25, 0.3) is 0 Å². The van der Waals surface area contributed by atoms with Crippen molar-refractivity contribution in [3.8, 4) is 6.07 Å². The number of amides is 2. The summed E-state index contributed by atoms with van der Waals surface area (Å²) in [6.45, 7) is 1.64. The molecular weight excluding hydrogens is 314 g/mol. The van der Waals surface area contributed by atoms with Gasteiger partial charge in [0.05, 0.1) is 12.0 Å². The lowest BCUT2D eigenvalue weighted by Crippen LogP contribution is -2.42. The molecule has 0 bridgehead atoms. The minimum Gasteiger partial charge on any atom is -0.342 e. The van der Waals surface area contributed by atoms with E-state index in [1.54, 1.807) is 34.1 Å². The maximum Gasteiger partial charge on any atom is 0.228 e. The van der Waals surface area contributed by atoms with Crippen LogP contribution in [0.4, 0.5) is 5.69 Å². The Kier molecular flexibility index (Phi) is 4.53. The van der Waals surface area contributed by atoms with E-state index in [9.17, 15) is 9.59 Å². The summed E-state index contributed by atoms with van der Waals surface area (Å²) < 4.78 is 0. The number of carbonyl (C=O) groups is 2. The average molecular weight is 332 g/mol. The van der Waals surface area contributed by atoms with Gasteiger partial charge in [-0.1, -0.05) is 11.6 Å². The number of benzene rings is 1. The van der Waals surface area contributed by atoms with Crippen LogP contribution in [0, 0.1) is 23.2 Å². The Morgan fingerprint density at radius 1 is 1.22 bits per heavy atom. The quantitative estimate of drug-likeness (QED) is 0.836. The van der Waals surface area contributed by atoms with Crippen molar-refractivity contribution in [3.05, 3.63) is 29.3 Å². The summed E-state index contributed by atoms with van der Waals surface area (Å²) in [6, 6.07) is 9.34. The number of nitrogens with zero attached hydrogens (tertiary/aromatic N) is 3. The van der Waals surface area contributed by atoms with Gasteiger partial charge in [0.15, 0.2) is 0 Å². The van der Waals surface area contributed by atoms with Crippen molar-refractivity contribution in [1.29, 1.82) is 5.26 Å². The van der Waals surface area contributed by atoms with E-state index in [0.717, 1.165) is 18.5 Å². The van der Waals surface area contributed by atoms with Crippen LogP contribution >= 0.6 is 11.6 Å². The van der Waals surface area contributed by atoms with Crippen LogP contribution in [0.5, 0.6) is 0 Å². The molecule has 0 radical (unpaired) electrons. The van der Waals surface area contributed by atoms with Gasteiger partial charge in [0.25, 0.3) is 0 Å². The van der Waals surface area contributed by atoms with Crippen molar-refractivity contribution in [2.45, 2.75) is 19.3 Å². The Morgan fingerprint density at radius 2 is 1.87 bits per heavy atom. The third-order valence-corrected chi connectivity index (χ3v) is 4.85. The smallest absolute Gasteiger partial charge is 0.228 e. The zero-order valence-electron chi connectivity index (χ0n) is 12.7. The highest BCUT2D eigenvalue weighted by molar-refractivity contribution is 6.30. The molecule has 2 fully saturated rings. The van der Waals surface area contributed by atoms with Gasteiger partial charge < -0.3 is 9.80 Å². The maximum absolute atomic E-state index is 12.6. The lowest BCUT2D eigenvalue weighted by molar-refractivity contribution is -0.136. The fraction of sp³-hybridized carbons (Fsp3) is 0.471. The summed E-state index contributed by atoms with van der Waals surface area (Å²) in [6.07, 6.45) is 1.70. The monoisotopic (exact) mass is 331 g/mol. The van der Waals surface area contributed by atoms with E-state index in [1.807, 2.05) is 0 Å². The highest BCUT2D eigenvalue weighted by atomic mass is 35.5. The Morgan fingerprint density at radius 3 is 2.48 bits per heavy atom. The van der Waals surface area contributed by atoms with E-state index in [4.69, 9.17) is 16.9 Å². The molecule has 0 saturated carbocycles. The first-order chi connectivity index (χ1) is 11.1. The molecule has 2 saturated heterocycles. The van der Waals surface area contributed by atoms with Crippen molar-refractivity contribution in [1.82, 2.24) is 4.90 Å². The first-order valence-corrected chi connectivity index (χ1v) is 8.20. The maximum atomic E-state index is 12.6. The molecule has 1 atom stereocenters. The standard InChI is InChI=1S/C17H18ClN3O2/c18-14-1-3-15(4-2-14)21-11-13(9-16(21)22)17(23)20-7-5-12(10-19)6-8-20/h1-4,12-13H,5-9,11H2. The van der Waals surface area contributed by atoms with E-state index in [0.29, 0.717) is 24.7 Å². The van der Waals surface area contributed by atoms with E-state index in [-0.39, 0.29) is 30.1 Å². The van der Waals surface area contributed by atoms with Crippen LogP contribution in [0.15, 0.2) is 24.3 Å². The number of rotatable bonds is 2. The average Bonchev–Trinajstić information content (AvgIpc) is 2.97. The molecule has 2 amide bonds. The van der Waals surface area contributed by atoms with Gasteiger partial charge in [0, 0.05) is 42.7 Å². The molecule has 0 aromatic heterocycles. The van der Waals surface area contributed by atoms with Gasteiger partial charge in [0.1, 0.15) is 0 Å². The van der Waals surface area contributed by atoms with Crippen LogP contribution in [0.2, 0.25) is 5.02 Å². The molecule has 0 N–H and O–H groups in total. The largest absolute Gasteiger partial charge is 0.342 e. The van der Waals surface area contributed by atoms with Crippen LogP contribution in [0.1, 0.15) is 19.3 Å². The molecular formula is C17H18ClN3O2. The molecule has 5 nitrogen and oxygen atoms in total. The molecule has 1 unspecified atom stereocenters. The molecule has 6 heteroatoms. The second-order valence-electron chi connectivity index (χ2n) is 6.11. The number of hydrogen-bond donors (Lipinski definition) is 0. The molecule has 120 valence electrons. The number of anilines is 1. The lowest BCUT2D eigenvalue weighted by Gasteiger charge is -2.31. The molecule has 2 aliphatic heterocycles. The molecule has 0 spiro atoms. The van der Waals surface area contributed by atoms with Gasteiger partial charge in [-0.3, -0.25) is 9.59 Å². The van der Waals surface area contributed by atoms with Crippen LogP contribution in [-0.4, -0.2) is 36.3 Å². The molecule has 1 aromatic rings. The summed E-state index contributed by atoms with van der Waals surface area (Å²) in [5.41, 5.74) is 0.776. The third-order valence-electron chi connectivity index (χ3n) is 4.60. The number of hydrogen-bond acceptors (Lipinski definition) is 3. The number of nitriles is 1. The second kappa shape index (κ2) is 6.59. The second-order valence-corrected chi connectivity index (χ2v) is 6.55. The summed E-state index contributed by atoms with van der Waals surface area (Å²) in [5, 5.41) is 9.55. The molecule has 2 aliphatic rings. The van der Waals surface area contributed by atoms with E-state index < -0.39 is 0 Å². The minimum atomic E-state index is -0.295. The van der Waals surface area contributed by atoms with Gasteiger partial charge in [0.2, 0.25) is 11.8 Å². The van der Waals surface area contributed by atoms with Crippen LogP contribution < -0.4 is 4.90 Å². The fourth-order valence-corrected chi connectivity index (χ4v) is 3.36. The first kappa shape index (κ1) is 15.8. The van der Waals surface area contributed by atoms with Gasteiger partial charge in [-0.15, -0.1) is 0 Å². The normalized spacial score (nSPS) is 22.3. The summed E-state index contributed by atoms with van der Waals surface area (Å²) in [5.74, 6) is -0.240. The van der Waals surface area contributed by atoms with Crippen molar-refractivity contribution < 1.29 is 9.59 Å². The Hall–Kier alpha value is -2.06. The fourth-order valence-electron chi connectivity index (χ4n) is 3.23. The number of carbonyl (C=O) groups excluding carboxylic acids is 2. The zero-order chi connectivity index (χ0) is 16.4. The van der Waals surface area contributed by atoms with Crippen LogP contribution in [-0.2, 0) is 9.59 Å². The highest BCUT2D eigenvalue weighted by Crippen LogP contribution is 2.28. The molecule has 0 aliphatic carbocycles. The van der Waals surface area contributed by atoms with E-state index >= 15 is 0 Å². The lowest BCUT2D eigenvalue weighted by atomic mass is 9.97. The number of piperidine rings is 1.